The molecule has 1 atom stereocenters. The van der Waals surface area contributed by atoms with E-state index < -0.39 is 0 Å². The first-order valence-corrected chi connectivity index (χ1v) is 3.82. The van der Waals surface area contributed by atoms with Crippen LogP contribution in [0.2, 0.25) is 0 Å². The number of rotatable bonds is 4. The smallest absolute Gasteiger partial charge is 0.0788 e. The van der Waals surface area contributed by atoms with Crippen LogP contribution in [-0.4, -0.2) is 22.9 Å². The third kappa shape index (κ3) is 2.96. The predicted octanol–water partition coefficient (Wildman–Crippen LogP) is -0.552. The van der Waals surface area contributed by atoms with Gasteiger partial charge in [-0.2, -0.15) is 0 Å². The largest absolute Gasteiger partial charge is 0.393 e. The summed E-state index contributed by atoms with van der Waals surface area (Å²) in [5, 5.41) is 11.5. The van der Waals surface area contributed by atoms with Crippen molar-refractivity contribution >= 4 is 0 Å². The van der Waals surface area contributed by atoms with Gasteiger partial charge in [0.15, 0.2) is 0 Å². The van der Waals surface area contributed by atoms with Gasteiger partial charge in [0.1, 0.15) is 0 Å². The van der Waals surface area contributed by atoms with Gasteiger partial charge in [0.05, 0.1) is 18.5 Å². The van der Waals surface area contributed by atoms with E-state index in [4.69, 9.17) is 10.8 Å². The van der Waals surface area contributed by atoms with Crippen molar-refractivity contribution in [1.29, 1.82) is 0 Å². The van der Waals surface area contributed by atoms with Gasteiger partial charge in [0, 0.05) is 12.7 Å². The van der Waals surface area contributed by atoms with Crippen molar-refractivity contribution < 1.29 is 5.11 Å². The maximum atomic E-state index is 8.60. The molecule has 4 heteroatoms. The quantitative estimate of drug-likeness (QED) is 0.526. The first kappa shape index (κ1) is 9.12. The van der Waals surface area contributed by atoms with Gasteiger partial charge in [-0.15, -0.1) is 0 Å². The summed E-state index contributed by atoms with van der Waals surface area (Å²) in [5.41, 5.74) is 6.35. The van der Waals surface area contributed by atoms with Crippen LogP contribution in [-0.2, 0) is 6.54 Å². The third-order valence-electron chi connectivity index (χ3n) is 1.47. The Kier molecular flexibility index (Phi) is 3.66. The fourth-order valence-electron chi connectivity index (χ4n) is 0.803. The highest BCUT2D eigenvalue weighted by molar-refractivity contribution is 5.02. The lowest BCUT2D eigenvalue weighted by Crippen LogP contribution is -2.40. The second kappa shape index (κ2) is 4.82. The van der Waals surface area contributed by atoms with Crippen LogP contribution >= 0.6 is 0 Å². The van der Waals surface area contributed by atoms with Crippen LogP contribution in [0.3, 0.4) is 0 Å². The number of hydrogen-bond acceptors (Lipinski definition) is 4. The Bertz CT molecular complexity index is 215. The van der Waals surface area contributed by atoms with Crippen molar-refractivity contribution in [1.82, 2.24) is 10.3 Å². The van der Waals surface area contributed by atoms with Crippen LogP contribution in [0.1, 0.15) is 5.69 Å². The van der Waals surface area contributed by atoms with Crippen LogP contribution in [0.25, 0.3) is 0 Å². The molecule has 4 nitrogen and oxygen atoms in total. The van der Waals surface area contributed by atoms with Crippen LogP contribution in [0.4, 0.5) is 0 Å². The highest BCUT2D eigenvalue weighted by atomic mass is 16.3. The molecular weight excluding hydrogens is 154 g/mol. The second-order valence-corrected chi connectivity index (χ2v) is 2.49. The summed E-state index contributed by atoms with van der Waals surface area (Å²) >= 11 is 0. The lowest BCUT2D eigenvalue weighted by Gasteiger charge is -2.09. The minimum Gasteiger partial charge on any atom is -0.393 e. The topological polar surface area (TPSA) is 71.2 Å². The average molecular weight is 167 g/mol. The molecule has 0 spiro atoms. The SMILES string of the molecule is NC(CO)NCc1ccccn1. The number of pyridine rings is 1. The van der Waals surface area contributed by atoms with Crippen molar-refractivity contribution in [2.24, 2.45) is 5.73 Å². The van der Waals surface area contributed by atoms with Gasteiger partial charge in [-0.25, -0.2) is 0 Å². The second-order valence-electron chi connectivity index (χ2n) is 2.49. The minimum absolute atomic E-state index is 0.0627. The summed E-state index contributed by atoms with van der Waals surface area (Å²) in [7, 11) is 0. The number of aliphatic hydroxyl groups excluding tert-OH is 1. The molecule has 1 aromatic heterocycles. The molecule has 1 rings (SSSR count). The third-order valence-corrected chi connectivity index (χ3v) is 1.47. The molecule has 0 radical (unpaired) electrons. The first-order chi connectivity index (χ1) is 5.83. The predicted molar refractivity (Wildman–Crippen MR) is 46.1 cm³/mol. The molecule has 0 aliphatic rings. The van der Waals surface area contributed by atoms with E-state index in [0.29, 0.717) is 6.54 Å². The number of nitrogens with two attached hydrogens (primary N) is 1. The molecule has 1 unspecified atom stereocenters. The molecule has 0 bridgehead atoms. The summed E-state index contributed by atoms with van der Waals surface area (Å²) in [4.78, 5) is 4.09. The summed E-state index contributed by atoms with van der Waals surface area (Å²) in [5.74, 6) is 0. The van der Waals surface area contributed by atoms with E-state index in [2.05, 4.69) is 10.3 Å². The molecule has 12 heavy (non-hydrogen) atoms. The Balaban J connectivity index is 2.33. The van der Waals surface area contributed by atoms with E-state index in [9.17, 15) is 0 Å². The lowest BCUT2D eigenvalue weighted by molar-refractivity contribution is 0.244. The molecule has 0 aliphatic heterocycles. The van der Waals surface area contributed by atoms with Crippen LogP contribution in [0.5, 0.6) is 0 Å². The maximum Gasteiger partial charge on any atom is 0.0788 e. The molecule has 0 aliphatic carbocycles. The zero-order valence-electron chi connectivity index (χ0n) is 6.77. The Morgan fingerprint density at radius 3 is 3.00 bits per heavy atom. The van der Waals surface area contributed by atoms with E-state index >= 15 is 0 Å². The van der Waals surface area contributed by atoms with Gasteiger partial charge >= 0.3 is 0 Å². The van der Waals surface area contributed by atoms with Gasteiger partial charge < -0.3 is 10.8 Å². The van der Waals surface area contributed by atoms with Crippen molar-refractivity contribution in [3.8, 4) is 0 Å². The summed E-state index contributed by atoms with van der Waals surface area (Å²) in [6.07, 6.45) is 1.36. The lowest BCUT2D eigenvalue weighted by atomic mass is 10.3. The van der Waals surface area contributed by atoms with Crippen molar-refractivity contribution in [3.05, 3.63) is 30.1 Å². The van der Waals surface area contributed by atoms with E-state index in [1.165, 1.54) is 0 Å². The molecular formula is C8H13N3O. The maximum absolute atomic E-state index is 8.60. The number of nitrogens with zero attached hydrogens (tertiary/aromatic N) is 1. The Morgan fingerprint density at radius 1 is 1.58 bits per heavy atom. The highest BCUT2D eigenvalue weighted by Gasteiger charge is 1.98. The number of hydrogen-bond donors (Lipinski definition) is 3. The molecule has 4 N–H and O–H groups in total. The Hall–Kier alpha value is -0.970. The molecule has 0 amide bonds. The van der Waals surface area contributed by atoms with Crippen LogP contribution in [0.15, 0.2) is 24.4 Å². The van der Waals surface area contributed by atoms with Gasteiger partial charge in [-0.1, -0.05) is 6.07 Å². The van der Waals surface area contributed by atoms with E-state index in [1.54, 1.807) is 6.20 Å². The molecule has 0 saturated heterocycles. The first-order valence-electron chi connectivity index (χ1n) is 3.82. The van der Waals surface area contributed by atoms with E-state index in [1.807, 2.05) is 18.2 Å². The monoisotopic (exact) mass is 167 g/mol. The van der Waals surface area contributed by atoms with Gasteiger partial charge in [0.25, 0.3) is 0 Å². The molecule has 66 valence electrons. The molecule has 0 aromatic carbocycles. The normalized spacial score (nSPS) is 12.8. The number of aromatic nitrogens is 1. The molecule has 1 heterocycles. The summed E-state index contributed by atoms with van der Waals surface area (Å²) in [6.45, 7) is 0.523. The molecule has 0 fully saturated rings. The van der Waals surface area contributed by atoms with E-state index in [-0.39, 0.29) is 12.8 Å². The van der Waals surface area contributed by atoms with Gasteiger partial charge in [0.2, 0.25) is 0 Å². The highest BCUT2D eigenvalue weighted by Crippen LogP contribution is 1.91. The van der Waals surface area contributed by atoms with Crippen molar-refractivity contribution in [2.75, 3.05) is 6.61 Å². The zero-order valence-corrected chi connectivity index (χ0v) is 6.77. The van der Waals surface area contributed by atoms with Crippen LogP contribution in [0, 0.1) is 0 Å². The van der Waals surface area contributed by atoms with Gasteiger partial charge in [-0.05, 0) is 12.1 Å². The minimum atomic E-state index is -0.369. The standard InChI is InChI=1S/C8H13N3O/c9-8(6-12)11-5-7-3-1-2-4-10-7/h1-4,8,11-12H,5-6,9H2. The molecule has 1 aromatic rings. The fraction of sp³-hybridized carbons (Fsp3) is 0.375. The van der Waals surface area contributed by atoms with Gasteiger partial charge in [-0.3, -0.25) is 10.3 Å². The summed E-state index contributed by atoms with van der Waals surface area (Å²) < 4.78 is 0. The summed E-state index contributed by atoms with van der Waals surface area (Å²) in [6, 6.07) is 5.67. The number of nitrogens with one attached hydrogen (secondary N) is 1. The Morgan fingerprint density at radius 2 is 2.42 bits per heavy atom. The van der Waals surface area contributed by atoms with E-state index in [0.717, 1.165) is 5.69 Å². The average Bonchev–Trinajstić information content (AvgIpc) is 2.16. The van der Waals surface area contributed by atoms with Crippen molar-refractivity contribution in [2.45, 2.75) is 12.7 Å². The number of aliphatic hydroxyl groups is 1. The zero-order chi connectivity index (χ0) is 8.81. The fourth-order valence-corrected chi connectivity index (χ4v) is 0.803. The van der Waals surface area contributed by atoms with Crippen LogP contribution < -0.4 is 11.1 Å². The Labute approximate surface area is 71.4 Å². The van der Waals surface area contributed by atoms with Crippen molar-refractivity contribution in [3.63, 3.8) is 0 Å². The molecule has 0 saturated carbocycles.